The Labute approximate surface area is 119 Å². The van der Waals surface area contributed by atoms with E-state index in [4.69, 9.17) is 9.26 Å². The molecule has 0 amide bonds. The molecule has 3 rings (SSSR count). The second kappa shape index (κ2) is 5.82. The Kier molecular flexibility index (Phi) is 4.08. The average Bonchev–Trinajstić information content (AvgIpc) is 3.11. The second-order valence-electron chi connectivity index (χ2n) is 6.23. The largest absolute Gasteiger partial charge is 0.393 e. The summed E-state index contributed by atoms with van der Waals surface area (Å²) >= 11 is 0. The summed E-state index contributed by atoms with van der Waals surface area (Å²) in [5, 5.41) is 14.2. The Morgan fingerprint density at radius 1 is 1.25 bits per heavy atom. The van der Waals surface area contributed by atoms with E-state index in [-0.39, 0.29) is 17.6 Å². The van der Waals surface area contributed by atoms with Crippen LogP contribution in [-0.4, -0.2) is 28.5 Å². The van der Waals surface area contributed by atoms with E-state index in [0.29, 0.717) is 18.1 Å². The average molecular weight is 280 g/mol. The number of methoxy groups -OCH3 is 1. The Balaban J connectivity index is 1.70. The summed E-state index contributed by atoms with van der Waals surface area (Å²) in [5.41, 5.74) is -0.340. The smallest absolute Gasteiger partial charge is 0.227 e. The van der Waals surface area contributed by atoms with Crippen LogP contribution in [0.15, 0.2) is 4.52 Å². The molecule has 112 valence electrons. The van der Waals surface area contributed by atoms with Crippen molar-refractivity contribution in [2.24, 2.45) is 5.92 Å². The van der Waals surface area contributed by atoms with Gasteiger partial charge in [0.2, 0.25) is 11.7 Å². The SMILES string of the molecule is COC1(c2noc(CC3CCCCC3O)n2)CCCC1. The molecule has 5 heteroatoms. The molecule has 2 fully saturated rings. The third kappa shape index (κ3) is 2.61. The minimum atomic E-state index is -0.340. The van der Waals surface area contributed by atoms with Gasteiger partial charge in [0.05, 0.1) is 6.10 Å². The first-order valence-electron chi connectivity index (χ1n) is 7.80. The maximum absolute atomic E-state index is 10.0. The Morgan fingerprint density at radius 3 is 2.70 bits per heavy atom. The maximum Gasteiger partial charge on any atom is 0.227 e. The summed E-state index contributed by atoms with van der Waals surface area (Å²) in [4.78, 5) is 4.55. The van der Waals surface area contributed by atoms with Gasteiger partial charge in [0.15, 0.2) is 0 Å². The van der Waals surface area contributed by atoms with Crippen LogP contribution in [0.3, 0.4) is 0 Å². The van der Waals surface area contributed by atoms with E-state index < -0.39 is 0 Å². The minimum Gasteiger partial charge on any atom is -0.393 e. The molecule has 2 atom stereocenters. The lowest BCUT2D eigenvalue weighted by atomic mass is 9.84. The predicted molar refractivity (Wildman–Crippen MR) is 73.1 cm³/mol. The molecule has 2 saturated carbocycles. The van der Waals surface area contributed by atoms with Crippen LogP contribution >= 0.6 is 0 Å². The van der Waals surface area contributed by atoms with Crippen molar-refractivity contribution in [3.05, 3.63) is 11.7 Å². The zero-order chi connectivity index (χ0) is 14.0. The zero-order valence-corrected chi connectivity index (χ0v) is 12.2. The molecule has 1 aromatic heterocycles. The summed E-state index contributed by atoms with van der Waals surface area (Å²) in [6.45, 7) is 0. The molecule has 0 saturated heterocycles. The summed E-state index contributed by atoms with van der Waals surface area (Å²) in [6, 6.07) is 0. The van der Waals surface area contributed by atoms with Gasteiger partial charge in [-0.1, -0.05) is 18.0 Å². The molecule has 0 bridgehead atoms. The van der Waals surface area contributed by atoms with Gasteiger partial charge in [0, 0.05) is 13.5 Å². The van der Waals surface area contributed by atoms with Crippen LogP contribution < -0.4 is 0 Å². The molecule has 0 aliphatic heterocycles. The van der Waals surface area contributed by atoms with Gasteiger partial charge in [-0.25, -0.2) is 0 Å². The Bertz CT molecular complexity index is 440. The number of aliphatic hydroxyl groups excluding tert-OH is 1. The van der Waals surface area contributed by atoms with Crippen molar-refractivity contribution in [3.63, 3.8) is 0 Å². The summed E-state index contributed by atoms with van der Waals surface area (Å²) in [7, 11) is 1.73. The van der Waals surface area contributed by atoms with Crippen molar-refractivity contribution >= 4 is 0 Å². The summed E-state index contributed by atoms with van der Waals surface area (Å²) < 4.78 is 11.1. The van der Waals surface area contributed by atoms with Crippen molar-refractivity contribution in [3.8, 4) is 0 Å². The van der Waals surface area contributed by atoms with Crippen LogP contribution in [0.25, 0.3) is 0 Å². The molecular weight excluding hydrogens is 256 g/mol. The molecule has 1 heterocycles. The second-order valence-corrected chi connectivity index (χ2v) is 6.23. The Hall–Kier alpha value is -0.940. The zero-order valence-electron chi connectivity index (χ0n) is 12.2. The monoisotopic (exact) mass is 280 g/mol. The van der Waals surface area contributed by atoms with Crippen molar-refractivity contribution in [2.45, 2.75) is 69.5 Å². The highest BCUT2D eigenvalue weighted by Gasteiger charge is 2.40. The quantitative estimate of drug-likeness (QED) is 0.918. The van der Waals surface area contributed by atoms with Crippen LogP contribution in [0.1, 0.15) is 63.1 Å². The highest BCUT2D eigenvalue weighted by molar-refractivity contribution is 5.05. The molecule has 1 N–H and O–H groups in total. The molecule has 0 aromatic carbocycles. The number of hydrogen-bond donors (Lipinski definition) is 1. The highest BCUT2D eigenvalue weighted by Crippen LogP contribution is 2.40. The van der Waals surface area contributed by atoms with E-state index >= 15 is 0 Å². The molecule has 2 aliphatic carbocycles. The van der Waals surface area contributed by atoms with E-state index in [1.54, 1.807) is 7.11 Å². The molecule has 0 radical (unpaired) electrons. The van der Waals surface area contributed by atoms with Crippen LogP contribution in [0, 0.1) is 5.92 Å². The van der Waals surface area contributed by atoms with Crippen molar-refractivity contribution in [2.75, 3.05) is 7.11 Å². The molecule has 2 aliphatic rings. The number of hydrogen-bond acceptors (Lipinski definition) is 5. The lowest BCUT2D eigenvalue weighted by Gasteiger charge is -2.26. The van der Waals surface area contributed by atoms with Crippen LogP contribution in [0.5, 0.6) is 0 Å². The predicted octanol–water partition coefficient (Wildman–Crippen LogP) is 2.58. The molecule has 1 aromatic rings. The fraction of sp³-hybridized carbons (Fsp3) is 0.867. The Morgan fingerprint density at radius 2 is 2.00 bits per heavy atom. The van der Waals surface area contributed by atoms with E-state index in [9.17, 15) is 5.11 Å². The van der Waals surface area contributed by atoms with Gasteiger partial charge in [0.25, 0.3) is 0 Å². The lowest BCUT2D eigenvalue weighted by molar-refractivity contribution is -0.0178. The standard InChI is InChI=1S/C15H24N2O3/c1-19-15(8-4-5-9-15)14-16-13(20-17-14)10-11-6-2-3-7-12(11)18/h11-12,18H,2-10H2,1H3. The summed E-state index contributed by atoms with van der Waals surface area (Å²) in [5.74, 6) is 1.60. The van der Waals surface area contributed by atoms with E-state index in [1.807, 2.05) is 0 Å². The third-order valence-corrected chi connectivity index (χ3v) is 4.98. The van der Waals surface area contributed by atoms with Crippen LogP contribution in [-0.2, 0) is 16.8 Å². The molecule has 2 unspecified atom stereocenters. The number of ether oxygens (including phenoxy) is 1. The van der Waals surface area contributed by atoms with Crippen LogP contribution in [0.2, 0.25) is 0 Å². The van der Waals surface area contributed by atoms with Crippen molar-refractivity contribution in [1.29, 1.82) is 0 Å². The number of rotatable bonds is 4. The molecule has 5 nitrogen and oxygen atoms in total. The first-order valence-corrected chi connectivity index (χ1v) is 7.80. The minimum absolute atomic E-state index is 0.220. The first-order chi connectivity index (χ1) is 9.73. The van der Waals surface area contributed by atoms with E-state index in [1.165, 1.54) is 6.42 Å². The van der Waals surface area contributed by atoms with Crippen molar-refractivity contribution < 1.29 is 14.4 Å². The fourth-order valence-corrected chi connectivity index (χ4v) is 3.64. The van der Waals surface area contributed by atoms with Crippen molar-refractivity contribution in [1.82, 2.24) is 10.1 Å². The van der Waals surface area contributed by atoms with Gasteiger partial charge < -0.3 is 14.4 Å². The molecule has 20 heavy (non-hydrogen) atoms. The number of nitrogens with zero attached hydrogens (tertiary/aromatic N) is 2. The lowest BCUT2D eigenvalue weighted by Crippen LogP contribution is -2.27. The third-order valence-electron chi connectivity index (χ3n) is 4.98. The topological polar surface area (TPSA) is 68.4 Å². The number of aliphatic hydroxyl groups is 1. The number of aromatic nitrogens is 2. The maximum atomic E-state index is 10.0. The normalized spacial score (nSPS) is 29.7. The van der Waals surface area contributed by atoms with Gasteiger partial charge in [-0.05, 0) is 44.4 Å². The van der Waals surface area contributed by atoms with Gasteiger partial charge in [-0.2, -0.15) is 4.98 Å². The van der Waals surface area contributed by atoms with Gasteiger partial charge in [-0.3, -0.25) is 0 Å². The van der Waals surface area contributed by atoms with Gasteiger partial charge >= 0.3 is 0 Å². The van der Waals surface area contributed by atoms with Gasteiger partial charge in [0.1, 0.15) is 5.60 Å². The van der Waals surface area contributed by atoms with E-state index in [0.717, 1.165) is 44.9 Å². The highest BCUT2D eigenvalue weighted by atomic mass is 16.5. The fourth-order valence-electron chi connectivity index (χ4n) is 3.64. The van der Waals surface area contributed by atoms with Gasteiger partial charge in [-0.15, -0.1) is 0 Å². The van der Waals surface area contributed by atoms with E-state index in [2.05, 4.69) is 10.1 Å². The summed E-state index contributed by atoms with van der Waals surface area (Å²) in [6.07, 6.45) is 8.96. The van der Waals surface area contributed by atoms with Crippen LogP contribution in [0.4, 0.5) is 0 Å². The first kappa shape index (κ1) is 14.0. The molecular formula is C15H24N2O3. The molecule has 0 spiro atoms.